The molecule has 2 aliphatic rings. The fraction of sp³-hybridized carbons (Fsp3) is 0.500. The number of likely N-dealkylation sites (tertiary alicyclic amines) is 1. The average molecular weight is 574 g/mol. The van der Waals surface area contributed by atoms with Gasteiger partial charge in [-0.25, -0.2) is 0 Å². The summed E-state index contributed by atoms with van der Waals surface area (Å²) in [5, 5.41) is 7.38. The van der Waals surface area contributed by atoms with Gasteiger partial charge in [0.15, 0.2) is 0 Å². The molecule has 2 unspecified atom stereocenters. The molecule has 1 fully saturated rings. The van der Waals surface area contributed by atoms with E-state index < -0.39 is 5.54 Å². The smallest absolute Gasteiger partial charge is 0.249 e. The molecule has 0 aliphatic carbocycles. The van der Waals surface area contributed by atoms with E-state index in [9.17, 15) is 14.4 Å². The van der Waals surface area contributed by atoms with Gasteiger partial charge in [-0.2, -0.15) is 0 Å². The molecule has 210 valence electrons. The molecule has 7 nitrogen and oxygen atoms in total. The van der Waals surface area contributed by atoms with E-state index in [-0.39, 0.29) is 35.6 Å². The Labute approximate surface area is 241 Å². The third-order valence-corrected chi connectivity index (χ3v) is 8.78. The van der Waals surface area contributed by atoms with Crippen LogP contribution in [0.1, 0.15) is 51.7 Å². The molecule has 39 heavy (non-hydrogen) atoms. The van der Waals surface area contributed by atoms with E-state index in [0.29, 0.717) is 61.2 Å². The van der Waals surface area contributed by atoms with Crippen molar-refractivity contribution in [2.45, 2.75) is 58.5 Å². The minimum atomic E-state index is -1.01. The number of carbonyl (C=O) groups excluding carboxylic acids is 3. The molecule has 0 radical (unpaired) electrons. The maximum Gasteiger partial charge on any atom is 0.249 e. The van der Waals surface area contributed by atoms with Crippen molar-refractivity contribution in [2.24, 2.45) is 11.8 Å². The van der Waals surface area contributed by atoms with Crippen LogP contribution >= 0.6 is 23.2 Å². The Morgan fingerprint density at radius 2 is 1.79 bits per heavy atom. The maximum atomic E-state index is 14.0. The van der Waals surface area contributed by atoms with Gasteiger partial charge in [-0.15, -0.1) is 0 Å². The van der Waals surface area contributed by atoms with Crippen LogP contribution in [0.2, 0.25) is 10.0 Å². The van der Waals surface area contributed by atoms with Crippen LogP contribution in [0.25, 0.3) is 0 Å². The second-order valence-electron chi connectivity index (χ2n) is 11.1. The predicted octanol–water partition coefficient (Wildman–Crippen LogP) is 5.10. The molecule has 9 heteroatoms. The minimum Gasteiger partial charge on any atom is -0.355 e. The largest absolute Gasteiger partial charge is 0.355 e. The summed E-state index contributed by atoms with van der Waals surface area (Å²) in [4.78, 5) is 42.7. The number of fused-ring (bicyclic) bond motifs is 1. The number of hydrogen-bond acceptors (Lipinski definition) is 4. The second-order valence-corrected chi connectivity index (χ2v) is 11.9. The Hall–Kier alpha value is -2.61. The minimum absolute atomic E-state index is 0.00213. The van der Waals surface area contributed by atoms with Crippen molar-refractivity contribution in [3.05, 3.63) is 63.6 Å². The van der Waals surface area contributed by atoms with Gasteiger partial charge in [0, 0.05) is 72.8 Å². The van der Waals surface area contributed by atoms with Gasteiger partial charge in [-0.05, 0) is 55.5 Å². The summed E-state index contributed by atoms with van der Waals surface area (Å²) in [7, 11) is 0. The van der Waals surface area contributed by atoms with E-state index in [2.05, 4.69) is 36.3 Å². The molecule has 0 saturated carbocycles. The number of amides is 3. The quantitative estimate of drug-likeness (QED) is 0.437. The van der Waals surface area contributed by atoms with Gasteiger partial charge >= 0.3 is 0 Å². The summed E-state index contributed by atoms with van der Waals surface area (Å²) in [5.74, 6) is 0.0673. The number of benzene rings is 2. The highest BCUT2D eigenvalue weighted by molar-refractivity contribution is 6.31. The van der Waals surface area contributed by atoms with E-state index in [1.165, 1.54) is 0 Å². The molecule has 2 atom stereocenters. The van der Waals surface area contributed by atoms with Crippen molar-refractivity contribution in [3.8, 4) is 0 Å². The zero-order valence-electron chi connectivity index (χ0n) is 23.1. The number of hydrogen-bond donors (Lipinski definition) is 2. The van der Waals surface area contributed by atoms with Gasteiger partial charge in [0.05, 0.1) is 0 Å². The molecular weight excluding hydrogens is 535 g/mol. The maximum absolute atomic E-state index is 14.0. The molecule has 0 bridgehead atoms. The number of anilines is 1. The number of carbonyl (C=O) groups is 3. The monoisotopic (exact) mass is 572 g/mol. The Morgan fingerprint density at radius 1 is 1.10 bits per heavy atom. The Kier molecular flexibility index (Phi) is 9.25. The molecule has 3 amide bonds. The lowest BCUT2D eigenvalue weighted by Gasteiger charge is -2.45. The number of piperidine rings is 1. The van der Waals surface area contributed by atoms with Crippen molar-refractivity contribution >= 4 is 46.6 Å². The van der Waals surface area contributed by atoms with Crippen LogP contribution in [0.4, 0.5) is 5.69 Å². The summed E-state index contributed by atoms with van der Waals surface area (Å²) in [6.07, 6.45) is 1.74. The summed E-state index contributed by atoms with van der Waals surface area (Å²) in [5.41, 5.74) is 1.51. The van der Waals surface area contributed by atoms with Crippen LogP contribution in [0.5, 0.6) is 0 Å². The fourth-order valence-electron chi connectivity index (χ4n) is 5.84. The van der Waals surface area contributed by atoms with Gasteiger partial charge in [0.1, 0.15) is 5.54 Å². The van der Waals surface area contributed by atoms with Crippen molar-refractivity contribution in [1.29, 1.82) is 0 Å². The van der Waals surface area contributed by atoms with E-state index in [4.69, 9.17) is 23.2 Å². The average Bonchev–Trinajstić information content (AvgIpc) is 3.16. The standard InChI is InChI=1S/C30H38Cl2N4O3/c1-19(2)20(3)36(15-12-33-28(38)23-10-13-35(14-11-23)21(4)37)30(18-22-6-5-7-24(31)16-22)26-9-8-25(32)17-27(26)34-29(30)39/h5-9,16-17,19-20,23H,10-15,18H2,1-4H3,(H,33,38)(H,34,39). The Bertz CT molecular complexity index is 1230. The van der Waals surface area contributed by atoms with E-state index in [0.717, 1.165) is 11.1 Å². The molecule has 0 aromatic heterocycles. The van der Waals surface area contributed by atoms with Crippen LogP contribution < -0.4 is 10.6 Å². The van der Waals surface area contributed by atoms with Gasteiger partial charge in [-0.3, -0.25) is 19.3 Å². The second kappa shape index (κ2) is 12.3. The van der Waals surface area contributed by atoms with E-state index >= 15 is 0 Å². The molecule has 2 aliphatic heterocycles. The molecule has 1 saturated heterocycles. The Morgan fingerprint density at radius 3 is 2.44 bits per heavy atom. The molecule has 2 N–H and O–H groups in total. The lowest BCUT2D eigenvalue weighted by molar-refractivity contribution is -0.134. The summed E-state index contributed by atoms with van der Waals surface area (Å²) >= 11 is 12.6. The van der Waals surface area contributed by atoms with Gasteiger partial charge < -0.3 is 15.5 Å². The molecule has 2 heterocycles. The van der Waals surface area contributed by atoms with Crippen LogP contribution in [0, 0.1) is 11.8 Å². The summed E-state index contributed by atoms with van der Waals surface area (Å²) < 4.78 is 0. The highest BCUT2D eigenvalue weighted by atomic mass is 35.5. The molecule has 2 aromatic rings. The van der Waals surface area contributed by atoms with Crippen LogP contribution in [-0.2, 0) is 26.3 Å². The van der Waals surface area contributed by atoms with Crippen LogP contribution in [0.3, 0.4) is 0 Å². The first-order chi connectivity index (χ1) is 18.5. The van der Waals surface area contributed by atoms with Crippen molar-refractivity contribution in [2.75, 3.05) is 31.5 Å². The third-order valence-electron chi connectivity index (χ3n) is 8.31. The summed E-state index contributed by atoms with van der Waals surface area (Å²) in [6, 6.07) is 13.2. The number of halogens is 2. The number of nitrogens with one attached hydrogen (secondary N) is 2. The van der Waals surface area contributed by atoms with Gasteiger partial charge in [-0.1, -0.05) is 55.2 Å². The first-order valence-electron chi connectivity index (χ1n) is 13.7. The third kappa shape index (κ3) is 6.26. The zero-order chi connectivity index (χ0) is 28.3. The number of nitrogens with zero attached hydrogens (tertiary/aromatic N) is 2. The van der Waals surface area contributed by atoms with Gasteiger partial charge in [0.2, 0.25) is 17.7 Å². The lowest BCUT2D eigenvalue weighted by Crippen LogP contribution is -2.59. The SMILES string of the molecule is CC(=O)N1CCC(C(=O)NCCN(C(C)C(C)C)C2(Cc3cccc(Cl)c3)C(=O)Nc3cc(Cl)ccc32)CC1. The highest BCUT2D eigenvalue weighted by Crippen LogP contribution is 2.45. The predicted molar refractivity (Wildman–Crippen MR) is 156 cm³/mol. The number of rotatable bonds is 9. The van der Waals surface area contributed by atoms with Gasteiger partial charge in [0.25, 0.3) is 0 Å². The summed E-state index contributed by atoms with van der Waals surface area (Å²) in [6.45, 7) is 10.1. The molecule has 4 rings (SSSR count). The van der Waals surface area contributed by atoms with E-state index in [1.54, 1.807) is 17.9 Å². The zero-order valence-corrected chi connectivity index (χ0v) is 24.6. The Balaban J connectivity index is 1.62. The lowest BCUT2D eigenvalue weighted by atomic mass is 9.81. The van der Waals surface area contributed by atoms with Crippen molar-refractivity contribution < 1.29 is 14.4 Å². The molecular formula is C30H38Cl2N4O3. The molecule has 2 aromatic carbocycles. The van der Waals surface area contributed by atoms with Crippen molar-refractivity contribution in [1.82, 2.24) is 15.1 Å². The first-order valence-corrected chi connectivity index (χ1v) is 14.4. The fourth-order valence-corrected chi connectivity index (χ4v) is 6.22. The van der Waals surface area contributed by atoms with E-state index in [1.807, 2.05) is 36.4 Å². The highest BCUT2D eigenvalue weighted by Gasteiger charge is 2.52. The molecule has 0 spiro atoms. The van der Waals surface area contributed by atoms with Crippen LogP contribution in [-0.4, -0.2) is 59.7 Å². The van der Waals surface area contributed by atoms with Crippen molar-refractivity contribution in [3.63, 3.8) is 0 Å². The van der Waals surface area contributed by atoms with Crippen LogP contribution in [0.15, 0.2) is 42.5 Å². The normalized spacial score (nSPS) is 20.2. The first kappa shape index (κ1) is 29.4. The topological polar surface area (TPSA) is 81.8 Å².